The molecule has 8 heteroatoms. The van der Waals surface area contributed by atoms with Crippen molar-refractivity contribution >= 4 is 41.0 Å². The topological polar surface area (TPSA) is 113 Å². The number of Topliss-reactive ketones (excluding diaryl/α,β-unsaturated/α-hetero) is 1. The molecule has 7 nitrogen and oxygen atoms in total. The van der Waals surface area contributed by atoms with Crippen LogP contribution in [0.3, 0.4) is 0 Å². The van der Waals surface area contributed by atoms with Gasteiger partial charge in [0.2, 0.25) is 11.8 Å². The second kappa shape index (κ2) is 7.28. The van der Waals surface area contributed by atoms with E-state index < -0.39 is 23.2 Å². The van der Waals surface area contributed by atoms with E-state index in [1.54, 1.807) is 24.3 Å². The fraction of sp³-hybridized carbons (Fsp3) is 0.333. The Balaban J connectivity index is 1.88. The van der Waals surface area contributed by atoms with Gasteiger partial charge in [0, 0.05) is 23.4 Å². The number of anilines is 1. The predicted molar refractivity (Wildman–Crippen MR) is 85.5 cm³/mol. The van der Waals surface area contributed by atoms with Crippen LogP contribution in [0.2, 0.25) is 0 Å². The molecule has 3 N–H and O–H groups in total. The normalized spacial score (nSPS) is 20.5. The highest BCUT2D eigenvalue weighted by Gasteiger charge is 2.33. The molecule has 2 unspecified atom stereocenters. The van der Waals surface area contributed by atoms with Crippen molar-refractivity contribution in [3.63, 3.8) is 0 Å². The van der Waals surface area contributed by atoms with Crippen LogP contribution in [0, 0.1) is 0 Å². The summed E-state index contributed by atoms with van der Waals surface area (Å²) in [5.74, 6) is -1.71. The number of carboxylic acids is 1. The average Bonchev–Trinajstić information content (AvgIpc) is 2.49. The van der Waals surface area contributed by atoms with Crippen LogP contribution in [-0.2, 0) is 14.4 Å². The van der Waals surface area contributed by atoms with Crippen molar-refractivity contribution in [2.45, 2.75) is 24.6 Å². The second-order valence-corrected chi connectivity index (χ2v) is 6.34. The molecule has 1 heterocycles. The lowest BCUT2D eigenvalue weighted by Crippen LogP contribution is -2.51. The molecule has 1 fully saturated rings. The van der Waals surface area contributed by atoms with Gasteiger partial charge in [-0.2, -0.15) is 0 Å². The first-order chi connectivity index (χ1) is 10.9. The van der Waals surface area contributed by atoms with E-state index in [1.807, 2.05) is 0 Å². The maximum absolute atomic E-state index is 12.0. The van der Waals surface area contributed by atoms with Crippen molar-refractivity contribution in [2.24, 2.45) is 0 Å². The number of thioether (sulfide) groups is 1. The summed E-state index contributed by atoms with van der Waals surface area (Å²) in [5, 5.41) is 13.3. The zero-order valence-electron chi connectivity index (χ0n) is 12.4. The Bertz CT molecular complexity index is 644. The molecule has 0 saturated carbocycles. The van der Waals surface area contributed by atoms with E-state index in [1.165, 1.54) is 6.92 Å². The van der Waals surface area contributed by atoms with Gasteiger partial charge in [0.1, 0.15) is 6.04 Å². The van der Waals surface area contributed by atoms with E-state index in [-0.39, 0.29) is 23.9 Å². The van der Waals surface area contributed by atoms with Crippen molar-refractivity contribution in [2.75, 3.05) is 11.1 Å². The molecule has 0 spiro atoms. The molecule has 0 bridgehead atoms. The maximum Gasteiger partial charge on any atom is 0.327 e. The number of hydrogen-bond acceptors (Lipinski definition) is 5. The van der Waals surface area contributed by atoms with E-state index in [4.69, 9.17) is 5.11 Å². The van der Waals surface area contributed by atoms with Crippen LogP contribution < -0.4 is 10.6 Å². The predicted octanol–water partition coefficient (Wildman–Crippen LogP) is 0.903. The van der Waals surface area contributed by atoms with Crippen LogP contribution in [0.1, 0.15) is 23.7 Å². The number of amides is 2. The van der Waals surface area contributed by atoms with Crippen molar-refractivity contribution < 1.29 is 24.3 Å². The summed E-state index contributed by atoms with van der Waals surface area (Å²) < 4.78 is 0. The van der Waals surface area contributed by atoms with Crippen molar-refractivity contribution in [1.82, 2.24) is 5.32 Å². The number of benzene rings is 1. The third-order valence-electron chi connectivity index (χ3n) is 3.32. The third kappa shape index (κ3) is 4.56. The lowest BCUT2D eigenvalue weighted by molar-refractivity contribution is -0.141. The van der Waals surface area contributed by atoms with Crippen LogP contribution >= 0.6 is 11.8 Å². The van der Waals surface area contributed by atoms with Gasteiger partial charge in [-0.3, -0.25) is 14.4 Å². The zero-order chi connectivity index (χ0) is 17.0. The Morgan fingerprint density at radius 1 is 1.30 bits per heavy atom. The molecule has 0 radical (unpaired) electrons. The molecule has 2 rings (SSSR count). The van der Waals surface area contributed by atoms with Gasteiger partial charge < -0.3 is 15.7 Å². The van der Waals surface area contributed by atoms with Gasteiger partial charge in [0.15, 0.2) is 5.78 Å². The molecule has 2 atom stereocenters. The lowest BCUT2D eigenvalue weighted by atomic mass is 10.1. The summed E-state index contributed by atoms with van der Waals surface area (Å²) in [4.78, 5) is 45.8. The van der Waals surface area contributed by atoms with E-state index in [2.05, 4.69) is 10.6 Å². The summed E-state index contributed by atoms with van der Waals surface area (Å²) in [5.41, 5.74) is 1.08. The standard InChI is InChI=1S/C15H16N2O5S/c1-8(18)9-2-4-10(5-3-9)16-13(19)6-12-14(20)17-11(7-23-12)15(21)22/h2-5,11-12H,6-7H2,1H3,(H,16,19)(H,17,20)(H,21,22). The number of hydrogen-bond donors (Lipinski definition) is 3. The molecule has 0 aliphatic carbocycles. The largest absolute Gasteiger partial charge is 0.480 e. The van der Waals surface area contributed by atoms with Crippen molar-refractivity contribution in [1.29, 1.82) is 0 Å². The highest BCUT2D eigenvalue weighted by molar-refractivity contribution is 8.00. The van der Waals surface area contributed by atoms with Crippen molar-refractivity contribution in [3.8, 4) is 0 Å². The monoisotopic (exact) mass is 336 g/mol. The molecule has 2 amide bonds. The van der Waals surface area contributed by atoms with E-state index in [0.29, 0.717) is 11.3 Å². The molecular formula is C15H16N2O5S. The zero-order valence-corrected chi connectivity index (χ0v) is 13.2. The maximum atomic E-state index is 12.0. The van der Waals surface area contributed by atoms with Crippen LogP contribution in [0.25, 0.3) is 0 Å². The number of carbonyl (C=O) groups excluding carboxylic acids is 3. The summed E-state index contributed by atoms with van der Waals surface area (Å²) >= 11 is 1.15. The van der Waals surface area contributed by atoms with Gasteiger partial charge in [-0.1, -0.05) is 0 Å². The molecule has 122 valence electrons. The van der Waals surface area contributed by atoms with Crippen LogP contribution in [-0.4, -0.2) is 45.7 Å². The summed E-state index contributed by atoms with van der Waals surface area (Å²) in [6, 6.07) is 5.53. The molecule has 1 aliphatic rings. The summed E-state index contributed by atoms with van der Waals surface area (Å²) in [7, 11) is 0. The van der Waals surface area contributed by atoms with Crippen LogP contribution in [0.4, 0.5) is 5.69 Å². The molecule has 23 heavy (non-hydrogen) atoms. The number of aliphatic carboxylic acids is 1. The van der Waals surface area contributed by atoms with Crippen LogP contribution in [0.5, 0.6) is 0 Å². The third-order valence-corrected chi connectivity index (χ3v) is 4.63. The Morgan fingerprint density at radius 3 is 2.48 bits per heavy atom. The number of rotatable bonds is 5. The quantitative estimate of drug-likeness (QED) is 0.689. The van der Waals surface area contributed by atoms with E-state index >= 15 is 0 Å². The van der Waals surface area contributed by atoms with E-state index in [9.17, 15) is 19.2 Å². The fourth-order valence-corrected chi connectivity index (χ4v) is 3.19. The number of ketones is 1. The molecule has 0 aromatic heterocycles. The number of carboxylic acid groups (broad SMARTS) is 1. The highest BCUT2D eigenvalue weighted by Crippen LogP contribution is 2.22. The van der Waals surface area contributed by atoms with Gasteiger partial charge in [-0.05, 0) is 31.2 Å². The Labute approximate surface area is 136 Å². The average molecular weight is 336 g/mol. The van der Waals surface area contributed by atoms with E-state index in [0.717, 1.165) is 11.8 Å². The minimum absolute atomic E-state index is 0.0443. The van der Waals surface area contributed by atoms with Gasteiger partial charge in [-0.15, -0.1) is 11.8 Å². The first-order valence-corrected chi connectivity index (χ1v) is 7.97. The first-order valence-electron chi connectivity index (χ1n) is 6.92. The van der Waals surface area contributed by atoms with Gasteiger partial charge in [0.05, 0.1) is 5.25 Å². The van der Waals surface area contributed by atoms with Gasteiger partial charge in [0.25, 0.3) is 0 Å². The molecule has 1 aliphatic heterocycles. The minimum atomic E-state index is -1.08. The SMILES string of the molecule is CC(=O)c1ccc(NC(=O)CC2SCC(C(=O)O)NC2=O)cc1. The first kappa shape index (κ1) is 17.0. The second-order valence-electron chi connectivity index (χ2n) is 5.11. The smallest absolute Gasteiger partial charge is 0.327 e. The number of carbonyl (C=O) groups is 4. The summed E-state index contributed by atoms with van der Waals surface area (Å²) in [6.45, 7) is 1.46. The Hall–Kier alpha value is -2.35. The molecular weight excluding hydrogens is 320 g/mol. The fourth-order valence-electron chi connectivity index (χ4n) is 2.05. The highest BCUT2D eigenvalue weighted by atomic mass is 32.2. The lowest BCUT2D eigenvalue weighted by Gasteiger charge is -2.25. The Kier molecular flexibility index (Phi) is 5.38. The molecule has 1 saturated heterocycles. The summed E-state index contributed by atoms with van der Waals surface area (Å²) in [6.07, 6.45) is -0.0443. The van der Waals surface area contributed by atoms with Gasteiger partial charge in [-0.25, -0.2) is 4.79 Å². The van der Waals surface area contributed by atoms with Crippen molar-refractivity contribution in [3.05, 3.63) is 29.8 Å². The van der Waals surface area contributed by atoms with Crippen LogP contribution in [0.15, 0.2) is 24.3 Å². The molecule has 1 aromatic carbocycles. The molecule has 1 aromatic rings. The minimum Gasteiger partial charge on any atom is -0.480 e. The van der Waals surface area contributed by atoms with Gasteiger partial charge >= 0.3 is 5.97 Å². The Morgan fingerprint density at radius 2 is 1.96 bits per heavy atom. The number of nitrogens with one attached hydrogen (secondary N) is 2.